The lowest BCUT2D eigenvalue weighted by atomic mass is 9.85. The summed E-state index contributed by atoms with van der Waals surface area (Å²) in [5.74, 6) is 0.699. The van der Waals surface area contributed by atoms with Crippen molar-refractivity contribution in [1.82, 2.24) is 4.90 Å². The zero-order valence-corrected chi connectivity index (χ0v) is 12.6. The minimum Gasteiger partial charge on any atom is -0.491 e. The fourth-order valence-corrected chi connectivity index (χ4v) is 2.67. The van der Waals surface area contributed by atoms with Crippen molar-refractivity contribution in [2.75, 3.05) is 26.2 Å². The van der Waals surface area contributed by atoms with Gasteiger partial charge in [0.2, 0.25) is 0 Å². The number of rotatable bonds is 4. The molecule has 1 saturated heterocycles. The Hall–Kier alpha value is -1.53. The average Bonchev–Trinajstić information content (AvgIpc) is 2.61. The van der Waals surface area contributed by atoms with Gasteiger partial charge in [-0.15, -0.1) is 0 Å². The van der Waals surface area contributed by atoms with Gasteiger partial charge in [-0.2, -0.15) is 5.26 Å². The van der Waals surface area contributed by atoms with Crippen LogP contribution in [-0.4, -0.2) is 31.1 Å². The number of nitriles is 1. The highest BCUT2D eigenvalue weighted by Crippen LogP contribution is 2.29. The summed E-state index contributed by atoms with van der Waals surface area (Å²) in [4.78, 5) is 2.48. The van der Waals surface area contributed by atoms with E-state index in [4.69, 9.17) is 10.00 Å². The Morgan fingerprint density at radius 2 is 2.05 bits per heavy atom. The monoisotopic (exact) mass is 272 g/mol. The lowest BCUT2D eigenvalue weighted by Crippen LogP contribution is -2.30. The maximum atomic E-state index is 9.02. The van der Waals surface area contributed by atoms with E-state index in [1.165, 1.54) is 19.3 Å². The number of benzene rings is 1. The van der Waals surface area contributed by atoms with Crippen LogP contribution in [-0.2, 0) is 0 Å². The Morgan fingerprint density at radius 3 is 2.85 bits per heavy atom. The highest BCUT2D eigenvalue weighted by molar-refractivity contribution is 5.42. The zero-order valence-electron chi connectivity index (χ0n) is 12.6. The molecule has 1 aliphatic heterocycles. The molecule has 0 bridgehead atoms. The molecule has 1 aromatic carbocycles. The van der Waals surface area contributed by atoms with Gasteiger partial charge in [0.1, 0.15) is 18.4 Å². The molecule has 0 spiro atoms. The van der Waals surface area contributed by atoms with Crippen molar-refractivity contribution in [3.8, 4) is 11.8 Å². The summed E-state index contributed by atoms with van der Waals surface area (Å²) in [5, 5.41) is 9.02. The molecule has 3 heteroatoms. The van der Waals surface area contributed by atoms with Crippen LogP contribution in [0.3, 0.4) is 0 Å². The van der Waals surface area contributed by atoms with Crippen molar-refractivity contribution in [3.05, 3.63) is 29.8 Å². The van der Waals surface area contributed by atoms with Gasteiger partial charge >= 0.3 is 0 Å². The van der Waals surface area contributed by atoms with Gasteiger partial charge in [0, 0.05) is 6.54 Å². The number of para-hydroxylation sites is 1. The number of hydrogen-bond donors (Lipinski definition) is 0. The topological polar surface area (TPSA) is 36.3 Å². The van der Waals surface area contributed by atoms with Gasteiger partial charge in [0.25, 0.3) is 0 Å². The summed E-state index contributed by atoms with van der Waals surface area (Å²) >= 11 is 0. The molecule has 0 saturated carbocycles. The molecule has 1 heterocycles. The minimum atomic E-state index is 0.475. The summed E-state index contributed by atoms with van der Waals surface area (Å²) in [6.07, 6.45) is 3.82. The SMILES string of the molecule is CC1(C)CCCN(CCOc2ccccc2C#N)CC1. The molecule has 1 aliphatic rings. The molecule has 0 unspecified atom stereocenters. The Morgan fingerprint density at radius 1 is 1.25 bits per heavy atom. The Labute approximate surface area is 122 Å². The van der Waals surface area contributed by atoms with Crippen molar-refractivity contribution < 1.29 is 4.74 Å². The minimum absolute atomic E-state index is 0.475. The molecule has 20 heavy (non-hydrogen) atoms. The lowest BCUT2D eigenvalue weighted by molar-refractivity contribution is 0.207. The van der Waals surface area contributed by atoms with Crippen LogP contribution in [0.25, 0.3) is 0 Å². The number of likely N-dealkylation sites (tertiary alicyclic amines) is 1. The largest absolute Gasteiger partial charge is 0.491 e. The van der Waals surface area contributed by atoms with Crippen LogP contribution in [0.15, 0.2) is 24.3 Å². The van der Waals surface area contributed by atoms with E-state index in [2.05, 4.69) is 24.8 Å². The molecule has 108 valence electrons. The highest BCUT2D eigenvalue weighted by atomic mass is 16.5. The third-order valence-electron chi connectivity index (χ3n) is 4.11. The Kier molecular flexibility index (Phi) is 5.03. The summed E-state index contributed by atoms with van der Waals surface area (Å²) in [7, 11) is 0. The van der Waals surface area contributed by atoms with Crippen molar-refractivity contribution in [3.63, 3.8) is 0 Å². The molecule has 3 nitrogen and oxygen atoms in total. The Bertz CT molecular complexity index is 476. The molecule has 0 aliphatic carbocycles. The van der Waals surface area contributed by atoms with E-state index in [1.807, 2.05) is 18.2 Å². The number of ether oxygens (including phenoxy) is 1. The van der Waals surface area contributed by atoms with E-state index < -0.39 is 0 Å². The van der Waals surface area contributed by atoms with Crippen LogP contribution < -0.4 is 4.74 Å². The van der Waals surface area contributed by atoms with E-state index in [1.54, 1.807) is 6.07 Å². The van der Waals surface area contributed by atoms with Gasteiger partial charge in [-0.1, -0.05) is 26.0 Å². The normalized spacial score (nSPS) is 19.1. The van der Waals surface area contributed by atoms with Gasteiger partial charge in [-0.25, -0.2) is 0 Å². The van der Waals surface area contributed by atoms with Crippen molar-refractivity contribution >= 4 is 0 Å². The van der Waals surface area contributed by atoms with Gasteiger partial charge in [-0.05, 0) is 49.9 Å². The third kappa shape index (κ3) is 4.25. The van der Waals surface area contributed by atoms with Gasteiger partial charge in [0.05, 0.1) is 5.56 Å². The van der Waals surface area contributed by atoms with E-state index in [0.29, 0.717) is 23.3 Å². The summed E-state index contributed by atoms with van der Waals surface area (Å²) < 4.78 is 5.76. The highest BCUT2D eigenvalue weighted by Gasteiger charge is 2.22. The second-order valence-electron chi connectivity index (χ2n) is 6.32. The first-order valence-electron chi connectivity index (χ1n) is 7.45. The zero-order chi connectivity index (χ0) is 14.4. The molecular formula is C17H24N2O. The molecule has 0 aromatic heterocycles. The first-order chi connectivity index (χ1) is 9.61. The smallest absolute Gasteiger partial charge is 0.137 e. The van der Waals surface area contributed by atoms with Crippen LogP contribution in [0.5, 0.6) is 5.75 Å². The predicted molar refractivity (Wildman–Crippen MR) is 80.7 cm³/mol. The lowest BCUT2D eigenvalue weighted by Gasteiger charge is -2.23. The van der Waals surface area contributed by atoms with Crippen LogP contribution in [0.2, 0.25) is 0 Å². The second-order valence-corrected chi connectivity index (χ2v) is 6.32. The van der Waals surface area contributed by atoms with E-state index >= 15 is 0 Å². The summed E-state index contributed by atoms with van der Waals surface area (Å²) in [5.41, 5.74) is 1.09. The van der Waals surface area contributed by atoms with Crippen LogP contribution in [0.1, 0.15) is 38.7 Å². The van der Waals surface area contributed by atoms with E-state index in [-0.39, 0.29) is 0 Å². The van der Waals surface area contributed by atoms with Crippen LogP contribution in [0.4, 0.5) is 0 Å². The van der Waals surface area contributed by atoms with Gasteiger partial charge in [-0.3, -0.25) is 4.90 Å². The molecule has 1 fully saturated rings. The maximum absolute atomic E-state index is 9.02. The predicted octanol–water partition coefficient (Wildman–Crippen LogP) is 3.45. The first kappa shape index (κ1) is 14.9. The first-order valence-corrected chi connectivity index (χ1v) is 7.45. The second kappa shape index (κ2) is 6.76. The number of hydrogen-bond acceptors (Lipinski definition) is 3. The number of nitrogens with zero attached hydrogens (tertiary/aromatic N) is 2. The van der Waals surface area contributed by atoms with Crippen molar-refractivity contribution in [2.45, 2.75) is 33.1 Å². The van der Waals surface area contributed by atoms with Gasteiger partial charge < -0.3 is 4.74 Å². The molecule has 0 amide bonds. The van der Waals surface area contributed by atoms with E-state index in [0.717, 1.165) is 19.6 Å². The van der Waals surface area contributed by atoms with Crippen molar-refractivity contribution in [1.29, 1.82) is 5.26 Å². The Balaban J connectivity index is 1.80. The quantitative estimate of drug-likeness (QED) is 0.842. The van der Waals surface area contributed by atoms with Gasteiger partial charge in [0.15, 0.2) is 0 Å². The fourth-order valence-electron chi connectivity index (χ4n) is 2.67. The molecule has 0 radical (unpaired) electrons. The summed E-state index contributed by atoms with van der Waals surface area (Å²) in [6, 6.07) is 9.60. The standard InChI is InChI=1S/C17H24N2O/c1-17(2)8-5-10-19(11-9-17)12-13-20-16-7-4-3-6-15(16)14-18/h3-4,6-7H,5,8-13H2,1-2H3. The molecule has 2 rings (SSSR count). The molecular weight excluding hydrogens is 248 g/mol. The molecule has 1 aromatic rings. The summed E-state index contributed by atoms with van der Waals surface area (Å²) in [6.45, 7) is 8.62. The fraction of sp³-hybridized carbons (Fsp3) is 0.588. The molecule has 0 atom stereocenters. The average molecular weight is 272 g/mol. The van der Waals surface area contributed by atoms with Crippen molar-refractivity contribution in [2.24, 2.45) is 5.41 Å². The van der Waals surface area contributed by atoms with Crippen LogP contribution >= 0.6 is 0 Å². The molecule has 0 N–H and O–H groups in total. The van der Waals surface area contributed by atoms with E-state index in [9.17, 15) is 0 Å². The third-order valence-corrected chi connectivity index (χ3v) is 4.11. The maximum Gasteiger partial charge on any atom is 0.137 e. The van der Waals surface area contributed by atoms with Crippen LogP contribution in [0, 0.1) is 16.7 Å².